The Hall–Kier alpha value is -1.19. The molecule has 0 bridgehead atoms. The summed E-state index contributed by atoms with van der Waals surface area (Å²) in [6, 6.07) is 0. The highest BCUT2D eigenvalue weighted by atomic mass is 15.3. The van der Waals surface area contributed by atoms with Gasteiger partial charge < -0.3 is 15.5 Å². The van der Waals surface area contributed by atoms with Crippen LogP contribution in [0.4, 0.5) is 0 Å². The third-order valence-corrected chi connectivity index (χ3v) is 1.20. The molecule has 0 atom stereocenters. The molecule has 3 N–H and O–H groups in total. The normalized spacial score (nSPS) is 8.73. The first-order chi connectivity index (χ1) is 4.95. The number of hydrogen-bond acceptors (Lipinski definition) is 3. The third kappa shape index (κ3) is 3.50. The molecule has 0 aliphatic heterocycles. The quantitative estimate of drug-likeness (QED) is 0.442. The molecule has 0 rings (SSSR count). The lowest BCUT2D eigenvalue weighted by Crippen LogP contribution is -2.26. The van der Waals surface area contributed by atoms with Gasteiger partial charge in [0.1, 0.15) is 11.7 Å². The van der Waals surface area contributed by atoms with E-state index in [1.165, 1.54) is 0 Å². The lowest BCUT2D eigenvalue weighted by atomic mass is 10.4. The highest BCUT2D eigenvalue weighted by Gasteiger charge is 2.01. The highest BCUT2D eigenvalue weighted by Crippen LogP contribution is 2.00. The van der Waals surface area contributed by atoms with Crippen molar-refractivity contribution >= 4 is 5.84 Å². The summed E-state index contributed by atoms with van der Waals surface area (Å²) in [5, 5.41) is 7.06. The minimum absolute atomic E-state index is 0.0717. The fraction of sp³-hybridized carbons (Fsp3) is 0.571. The van der Waals surface area contributed by atoms with Gasteiger partial charge in [0, 0.05) is 34.3 Å². The first-order valence-electron chi connectivity index (χ1n) is 3.35. The number of rotatable bonds is 3. The molecule has 0 aliphatic rings. The van der Waals surface area contributed by atoms with E-state index in [9.17, 15) is 0 Å². The van der Waals surface area contributed by atoms with Crippen LogP contribution in [0.5, 0.6) is 0 Å². The first-order valence-corrected chi connectivity index (χ1v) is 3.35. The Morgan fingerprint density at radius 1 is 1.18 bits per heavy atom. The molecule has 0 spiro atoms. The average Bonchev–Trinajstić information content (AvgIpc) is 1.81. The van der Waals surface area contributed by atoms with Crippen LogP contribution in [0.1, 0.15) is 0 Å². The standard InChI is InChI=1S/C7H16N4/c1-10(2)7(11(3)4)5-6(8)9/h5H,1-4H3,(H3,8,9). The molecule has 0 aromatic carbocycles. The van der Waals surface area contributed by atoms with Gasteiger partial charge >= 0.3 is 0 Å². The molecule has 0 aromatic rings. The van der Waals surface area contributed by atoms with Crippen LogP contribution in [0.2, 0.25) is 0 Å². The van der Waals surface area contributed by atoms with Gasteiger partial charge in [-0.25, -0.2) is 0 Å². The van der Waals surface area contributed by atoms with Crippen LogP contribution in [-0.2, 0) is 0 Å². The molecule has 0 aliphatic carbocycles. The summed E-state index contributed by atoms with van der Waals surface area (Å²) < 4.78 is 0. The van der Waals surface area contributed by atoms with E-state index in [1.54, 1.807) is 6.08 Å². The van der Waals surface area contributed by atoms with Crippen molar-refractivity contribution in [3.05, 3.63) is 11.9 Å². The second kappa shape index (κ2) is 3.85. The molecule has 4 nitrogen and oxygen atoms in total. The van der Waals surface area contributed by atoms with Crippen LogP contribution < -0.4 is 5.73 Å². The predicted molar refractivity (Wildman–Crippen MR) is 47.4 cm³/mol. The highest BCUT2D eigenvalue weighted by molar-refractivity contribution is 5.88. The summed E-state index contributed by atoms with van der Waals surface area (Å²) >= 11 is 0. The minimum atomic E-state index is 0.0717. The van der Waals surface area contributed by atoms with E-state index >= 15 is 0 Å². The van der Waals surface area contributed by atoms with Crippen LogP contribution in [0.3, 0.4) is 0 Å². The SMILES string of the molecule is CN(C)C(=CC(=N)N)N(C)C. The number of nitrogens with one attached hydrogen (secondary N) is 1. The molecule has 0 unspecified atom stereocenters. The van der Waals surface area contributed by atoms with E-state index in [1.807, 2.05) is 38.0 Å². The number of amidine groups is 1. The van der Waals surface area contributed by atoms with Crippen molar-refractivity contribution in [3.63, 3.8) is 0 Å². The van der Waals surface area contributed by atoms with Crippen LogP contribution >= 0.6 is 0 Å². The molecular weight excluding hydrogens is 140 g/mol. The summed E-state index contributed by atoms with van der Waals surface area (Å²) in [7, 11) is 7.65. The van der Waals surface area contributed by atoms with Crippen molar-refractivity contribution < 1.29 is 0 Å². The molecule has 0 aromatic heterocycles. The molecule has 0 amide bonds. The summed E-state index contributed by atoms with van der Waals surface area (Å²) in [6.45, 7) is 0. The van der Waals surface area contributed by atoms with Gasteiger partial charge in [-0.3, -0.25) is 5.41 Å². The van der Waals surface area contributed by atoms with Gasteiger partial charge in [-0.05, 0) is 0 Å². The topological polar surface area (TPSA) is 56.4 Å². The molecule has 11 heavy (non-hydrogen) atoms. The van der Waals surface area contributed by atoms with Gasteiger partial charge in [0.25, 0.3) is 0 Å². The van der Waals surface area contributed by atoms with Gasteiger partial charge in [0.15, 0.2) is 0 Å². The summed E-state index contributed by atoms with van der Waals surface area (Å²) in [6.07, 6.45) is 1.61. The van der Waals surface area contributed by atoms with Crippen molar-refractivity contribution in [3.8, 4) is 0 Å². The van der Waals surface area contributed by atoms with Crippen molar-refractivity contribution in [2.75, 3.05) is 28.2 Å². The lowest BCUT2D eigenvalue weighted by molar-refractivity contribution is 0.343. The van der Waals surface area contributed by atoms with Gasteiger partial charge in [0.05, 0.1) is 0 Å². The summed E-state index contributed by atoms with van der Waals surface area (Å²) in [5.74, 6) is 0.986. The van der Waals surface area contributed by atoms with Crippen molar-refractivity contribution in [1.82, 2.24) is 9.80 Å². The maximum Gasteiger partial charge on any atom is 0.118 e. The summed E-state index contributed by atoms with van der Waals surface area (Å²) in [4.78, 5) is 3.81. The minimum Gasteiger partial charge on any atom is -0.384 e. The van der Waals surface area contributed by atoms with Crippen LogP contribution in [0.25, 0.3) is 0 Å². The van der Waals surface area contributed by atoms with E-state index in [-0.39, 0.29) is 5.84 Å². The first kappa shape index (κ1) is 9.81. The van der Waals surface area contributed by atoms with Gasteiger partial charge in [-0.1, -0.05) is 0 Å². The van der Waals surface area contributed by atoms with Crippen LogP contribution in [0, 0.1) is 5.41 Å². The molecule has 0 fully saturated rings. The zero-order valence-corrected chi connectivity index (χ0v) is 7.55. The second-order valence-electron chi connectivity index (χ2n) is 2.75. The van der Waals surface area contributed by atoms with E-state index < -0.39 is 0 Å². The fourth-order valence-electron chi connectivity index (χ4n) is 0.797. The van der Waals surface area contributed by atoms with E-state index in [4.69, 9.17) is 11.1 Å². The molecular formula is C7H16N4. The Morgan fingerprint density at radius 3 is 1.64 bits per heavy atom. The van der Waals surface area contributed by atoms with Crippen molar-refractivity contribution in [1.29, 1.82) is 5.41 Å². The van der Waals surface area contributed by atoms with E-state index in [0.717, 1.165) is 5.82 Å². The fourth-order valence-corrected chi connectivity index (χ4v) is 0.797. The Morgan fingerprint density at radius 2 is 1.55 bits per heavy atom. The van der Waals surface area contributed by atoms with E-state index in [0.29, 0.717) is 0 Å². The largest absolute Gasteiger partial charge is 0.384 e. The molecule has 0 heterocycles. The average molecular weight is 156 g/mol. The maximum atomic E-state index is 7.06. The van der Waals surface area contributed by atoms with Crippen molar-refractivity contribution in [2.45, 2.75) is 0 Å². The zero-order valence-electron chi connectivity index (χ0n) is 7.55. The second-order valence-corrected chi connectivity index (χ2v) is 2.75. The van der Waals surface area contributed by atoms with Gasteiger partial charge in [-0.15, -0.1) is 0 Å². The maximum absolute atomic E-state index is 7.06. The van der Waals surface area contributed by atoms with Gasteiger partial charge in [0.2, 0.25) is 0 Å². The number of nitrogens with two attached hydrogens (primary N) is 1. The van der Waals surface area contributed by atoms with E-state index in [2.05, 4.69) is 0 Å². The number of nitrogens with zero attached hydrogens (tertiary/aromatic N) is 2. The Balaban J connectivity index is 4.46. The van der Waals surface area contributed by atoms with Crippen LogP contribution in [-0.4, -0.2) is 43.8 Å². The third-order valence-electron chi connectivity index (χ3n) is 1.20. The Bertz CT molecular complexity index is 159. The summed E-state index contributed by atoms with van der Waals surface area (Å²) in [5.41, 5.74) is 5.22. The molecule has 4 heteroatoms. The lowest BCUT2D eigenvalue weighted by Gasteiger charge is -2.24. The predicted octanol–water partition coefficient (Wildman–Crippen LogP) is -0.113. The zero-order chi connectivity index (χ0) is 9.02. The monoisotopic (exact) mass is 156 g/mol. The molecule has 64 valence electrons. The Kier molecular flexibility index (Phi) is 3.44. The molecule has 0 saturated heterocycles. The van der Waals surface area contributed by atoms with Crippen molar-refractivity contribution in [2.24, 2.45) is 5.73 Å². The molecule has 0 saturated carbocycles. The Labute approximate surface area is 67.8 Å². The number of hydrogen-bond donors (Lipinski definition) is 2. The van der Waals surface area contributed by atoms with Gasteiger partial charge in [-0.2, -0.15) is 0 Å². The van der Waals surface area contributed by atoms with Crippen LogP contribution in [0.15, 0.2) is 11.9 Å². The molecule has 0 radical (unpaired) electrons. The smallest absolute Gasteiger partial charge is 0.118 e.